The minimum atomic E-state index is -0.917. The summed E-state index contributed by atoms with van der Waals surface area (Å²) in [5.41, 5.74) is 0. The summed E-state index contributed by atoms with van der Waals surface area (Å²) >= 11 is 3.29. The van der Waals surface area contributed by atoms with E-state index in [1.807, 2.05) is 12.5 Å². The molecule has 100 valence electrons. The van der Waals surface area contributed by atoms with Crippen molar-refractivity contribution in [3.05, 3.63) is 0 Å². The lowest BCUT2D eigenvalue weighted by atomic mass is 10.2. The highest BCUT2D eigenvalue weighted by molar-refractivity contribution is 7.98. The Morgan fingerprint density at radius 1 is 1.24 bits per heavy atom. The van der Waals surface area contributed by atoms with E-state index in [9.17, 15) is 9.59 Å². The third kappa shape index (κ3) is 6.83. The molecule has 0 aliphatic carbocycles. The van der Waals surface area contributed by atoms with Crippen LogP contribution in [0.25, 0.3) is 0 Å². The van der Waals surface area contributed by atoms with Crippen LogP contribution in [0, 0.1) is 0 Å². The summed E-state index contributed by atoms with van der Waals surface area (Å²) in [6, 6.07) is -0.691. The van der Waals surface area contributed by atoms with Gasteiger partial charge in [0.05, 0.1) is 0 Å². The maximum atomic E-state index is 11.8. The maximum Gasteiger partial charge on any atom is 0.326 e. The van der Waals surface area contributed by atoms with Gasteiger partial charge in [-0.3, -0.25) is 4.79 Å². The van der Waals surface area contributed by atoms with Crippen LogP contribution < -0.4 is 0 Å². The Labute approximate surface area is 112 Å². The van der Waals surface area contributed by atoms with Crippen molar-refractivity contribution < 1.29 is 14.7 Å². The van der Waals surface area contributed by atoms with Crippen LogP contribution in [-0.2, 0) is 9.59 Å². The van der Waals surface area contributed by atoms with Crippen LogP contribution in [0.3, 0.4) is 0 Å². The van der Waals surface area contributed by atoms with Gasteiger partial charge in [0, 0.05) is 13.5 Å². The van der Waals surface area contributed by atoms with Gasteiger partial charge in [-0.05, 0) is 36.9 Å². The third-order valence-corrected chi connectivity index (χ3v) is 3.82. The van der Waals surface area contributed by atoms with Crippen molar-refractivity contribution in [1.82, 2.24) is 4.90 Å². The van der Waals surface area contributed by atoms with Gasteiger partial charge >= 0.3 is 5.97 Å². The highest BCUT2D eigenvalue weighted by atomic mass is 32.2. The summed E-state index contributed by atoms with van der Waals surface area (Å²) in [5.74, 6) is 0.689. The third-order valence-electron chi connectivity index (χ3n) is 2.48. The number of carbonyl (C=O) groups is 2. The monoisotopic (exact) mass is 279 g/mol. The average molecular weight is 279 g/mol. The van der Waals surface area contributed by atoms with Crippen molar-refractivity contribution in [2.24, 2.45) is 0 Å². The molecule has 6 heteroatoms. The van der Waals surface area contributed by atoms with Crippen LogP contribution in [0.5, 0.6) is 0 Å². The Balaban J connectivity index is 4.23. The van der Waals surface area contributed by atoms with Gasteiger partial charge in [0.2, 0.25) is 5.91 Å². The molecule has 4 nitrogen and oxygen atoms in total. The van der Waals surface area contributed by atoms with Crippen LogP contribution in [-0.4, -0.2) is 59.0 Å². The molecule has 0 spiro atoms. The first-order valence-electron chi connectivity index (χ1n) is 5.51. The molecule has 0 heterocycles. The number of nitrogens with zero attached hydrogens (tertiary/aromatic N) is 1. The number of likely N-dealkylation sites (N-methyl/N-ethyl adjacent to an activating group) is 1. The van der Waals surface area contributed by atoms with E-state index in [1.165, 1.54) is 4.90 Å². The Kier molecular flexibility index (Phi) is 9.44. The average Bonchev–Trinajstić information content (AvgIpc) is 2.29. The quantitative estimate of drug-likeness (QED) is 0.652. The van der Waals surface area contributed by atoms with Gasteiger partial charge in [0.1, 0.15) is 6.04 Å². The number of aliphatic carboxylic acids is 1. The van der Waals surface area contributed by atoms with Crippen LogP contribution in [0.2, 0.25) is 0 Å². The summed E-state index contributed by atoms with van der Waals surface area (Å²) in [6.45, 7) is 0. The Bertz CT molecular complexity index is 249. The standard InChI is InChI=1S/C11H21NO3S2/c1-12(10(13)5-4-7-16-2)9(11(14)15)6-8-17-3/h9H,4-8H2,1-3H3,(H,14,15). The highest BCUT2D eigenvalue weighted by Crippen LogP contribution is 2.10. The number of amides is 1. The number of rotatable bonds is 9. The van der Waals surface area contributed by atoms with Crippen molar-refractivity contribution in [2.75, 3.05) is 31.1 Å². The molecule has 0 fully saturated rings. The van der Waals surface area contributed by atoms with Crippen LogP contribution in [0.4, 0.5) is 0 Å². The Hall–Kier alpha value is -0.360. The molecular formula is C11H21NO3S2. The summed E-state index contributed by atoms with van der Waals surface area (Å²) in [7, 11) is 1.58. The molecular weight excluding hydrogens is 258 g/mol. The van der Waals surface area contributed by atoms with Gasteiger partial charge in [-0.15, -0.1) is 0 Å². The van der Waals surface area contributed by atoms with Gasteiger partial charge in [-0.25, -0.2) is 4.79 Å². The largest absolute Gasteiger partial charge is 0.480 e. The summed E-state index contributed by atoms with van der Waals surface area (Å²) < 4.78 is 0. The maximum absolute atomic E-state index is 11.8. The molecule has 0 radical (unpaired) electrons. The molecule has 0 aliphatic heterocycles. The van der Waals surface area contributed by atoms with E-state index in [-0.39, 0.29) is 5.91 Å². The molecule has 0 bridgehead atoms. The molecule has 0 rings (SSSR count). The smallest absolute Gasteiger partial charge is 0.326 e. The van der Waals surface area contributed by atoms with Gasteiger partial charge in [-0.2, -0.15) is 23.5 Å². The zero-order valence-electron chi connectivity index (χ0n) is 10.6. The molecule has 0 saturated heterocycles. The van der Waals surface area contributed by atoms with Crippen LogP contribution in [0.1, 0.15) is 19.3 Å². The number of hydrogen-bond donors (Lipinski definition) is 1. The first-order valence-corrected chi connectivity index (χ1v) is 8.29. The second-order valence-electron chi connectivity index (χ2n) is 3.74. The van der Waals surface area contributed by atoms with Gasteiger partial charge in [0.15, 0.2) is 0 Å². The minimum absolute atomic E-state index is 0.0763. The lowest BCUT2D eigenvalue weighted by Gasteiger charge is -2.24. The second-order valence-corrected chi connectivity index (χ2v) is 5.71. The van der Waals surface area contributed by atoms with E-state index >= 15 is 0 Å². The van der Waals surface area contributed by atoms with Crippen molar-refractivity contribution in [1.29, 1.82) is 0 Å². The number of carboxylic acids is 1. The van der Waals surface area contributed by atoms with Crippen LogP contribution >= 0.6 is 23.5 Å². The SMILES string of the molecule is CSCCCC(=O)N(C)C(CCSC)C(=O)O. The fourth-order valence-electron chi connectivity index (χ4n) is 1.43. The van der Waals surface area contributed by atoms with E-state index in [0.29, 0.717) is 12.8 Å². The van der Waals surface area contributed by atoms with Gasteiger partial charge in [-0.1, -0.05) is 0 Å². The minimum Gasteiger partial charge on any atom is -0.480 e. The molecule has 0 aromatic heterocycles. The topological polar surface area (TPSA) is 57.6 Å². The van der Waals surface area contributed by atoms with E-state index in [1.54, 1.807) is 30.6 Å². The molecule has 17 heavy (non-hydrogen) atoms. The predicted octanol–water partition coefficient (Wildman–Crippen LogP) is 1.79. The zero-order valence-corrected chi connectivity index (χ0v) is 12.3. The first-order chi connectivity index (χ1) is 8.04. The zero-order chi connectivity index (χ0) is 13.3. The predicted molar refractivity (Wildman–Crippen MR) is 74.8 cm³/mol. The lowest BCUT2D eigenvalue weighted by Crippen LogP contribution is -2.42. The number of carbonyl (C=O) groups excluding carboxylic acids is 1. The fourth-order valence-corrected chi connectivity index (χ4v) is 2.32. The molecule has 1 N–H and O–H groups in total. The Morgan fingerprint density at radius 2 is 1.82 bits per heavy atom. The van der Waals surface area contributed by atoms with Crippen LogP contribution in [0.15, 0.2) is 0 Å². The highest BCUT2D eigenvalue weighted by Gasteiger charge is 2.25. The molecule has 1 atom stereocenters. The molecule has 1 unspecified atom stereocenters. The number of hydrogen-bond acceptors (Lipinski definition) is 4. The molecule has 0 aromatic rings. The molecule has 0 aliphatic rings. The van der Waals surface area contributed by atoms with Crippen molar-refractivity contribution >= 4 is 35.4 Å². The fraction of sp³-hybridized carbons (Fsp3) is 0.818. The molecule has 0 saturated carbocycles. The van der Waals surface area contributed by atoms with E-state index in [0.717, 1.165) is 17.9 Å². The van der Waals surface area contributed by atoms with Crippen molar-refractivity contribution in [3.8, 4) is 0 Å². The first kappa shape index (κ1) is 16.6. The lowest BCUT2D eigenvalue weighted by molar-refractivity contribution is -0.149. The number of carboxylic acid groups (broad SMARTS) is 1. The summed E-state index contributed by atoms with van der Waals surface area (Å²) in [4.78, 5) is 24.2. The summed E-state index contributed by atoms with van der Waals surface area (Å²) in [5, 5.41) is 9.08. The van der Waals surface area contributed by atoms with Gasteiger partial charge < -0.3 is 10.0 Å². The van der Waals surface area contributed by atoms with Gasteiger partial charge in [0.25, 0.3) is 0 Å². The number of thioether (sulfide) groups is 2. The molecule has 1 amide bonds. The van der Waals surface area contributed by atoms with Crippen molar-refractivity contribution in [2.45, 2.75) is 25.3 Å². The normalized spacial score (nSPS) is 12.2. The van der Waals surface area contributed by atoms with E-state index < -0.39 is 12.0 Å². The second kappa shape index (κ2) is 9.65. The molecule has 0 aromatic carbocycles. The van der Waals surface area contributed by atoms with Crippen molar-refractivity contribution in [3.63, 3.8) is 0 Å². The van der Waals surface area contributed by atoms with E-state index in [2.05, 4.69) is 0 Å². The summed E-state index contributed by atoms with van der Waals surface area (Å²) in [6.07, 6.45) is 5.66. The van der Waals surface area contributed by atoms with E-state index in [4.69, 9.17) is 5.11 Å². The Morgan fingerprint density at radius 3 is 2.29 bits per heavy atom.